The molecular formula is C14H21F3N2O. The third kappa shape index (κ3) is 5.69. The number of benzene rings is 1. The molecule has 0 aliphatic heterocycles. The van der Waals surface area contributed by atoms with Crippen LogP contribution in [-0.2, 0) is 10.9 Å². The number of unbranched alkanes of at least 4 members (excludes halogenated alkanes) is 1. The van der Waals surface area contributed by atoms with E-state index >= 15 is 0 Å². The minimum Gasteiger partial charge on any atom is -0.399 e. The molecule has 0 heterocycles. The Morgan fingerprint density at radius 2 is 1.90 bits per heavy atom. The van der Waals surface area contributed by atoms with Crippen molar-refractivity contribution in [2.75, 3.05) is 30.8 Å². The second-order valence-corrected chi connectivity index (χ2v) is 4.55. The summed E-state index contributed by atoms with van der Waals surface area (Å²) in [6.07, 6.45) is -1.68. The number of hydrogen-bond acceptors (Lipinski definition) is 3. The van der Waals surface area contributed by atoms with Crippen LogP contribution < -0.4 is 11.1 Å². The van der Waals surface area contributed by atoms with Gasteiger partial charge in [-0.25, -0.2) is 0 Å². The van der Waals surface area contributed by atoms with Crippen molar-refractivity contribution in [1.29, 1.82) is 0 Å². The predicted octanol–water partition coefficient (Wildman–Crippen LogP) is 3.91. The quantitative estimate of drug-likeness (QED) is 0.564. The van der Waals surface area contributed by atoms with Crippen molar-refractivity contribution in [3.05, 3.63) is 23.8 Å². The summed E-state index contributed by atoms with van der Waals surface area (Å²) < 4.78 is 43.8. The van der Waals surface area contributed by atoms with E-state index in [0.717, 1.165) is 18.9 Å². The molecule has 0 saturated heterocycles. The average Bonchev–Trinajstić information content (AvgIpc) is 2.38. The summed E-state index contributed by atoms with van der Waals surface area (Å²) in [5, 5.41) is 2.78. The molecule has 0 amide bonds. The molecule has 0 unspecified atom stereocenters. The second-order valence-electron chi connectivity index (χ2n) is 4.55. The van der Waals surface area contributed by atoms with Gasteiger partial charge in [-0.1, -0.05) is 13.3 Å². The average molecular weight is 290 g/mol. The van der Waals surface area contributed by atoms with E-state index in [2.05, 4.69) is 12.2 Å². The zero-order valence-electron chi connectivity index (χ0n) is 11.6. The molecule has 1 rings (SSSR count). The highest BCUT2D eigenvalue weighted by molar-refractivity contribution is 5.59. The van der Waals surface area contributed by atoms with E-state index in [1.807, 2.05) is 0 Å². The lowest BCUT2D eigenvalue weighted by molar-refractivity contribution is -0.136. The third-order valence-corrected chi connectivity index (χ3v) is 2.77. The molecule has 114 valence electrons. The zero-order valence-corrected chi connectivity index (χ0v) is 11.6. The molecule has 0 radical (unpaired) electrons. The first-order valence-corrected chi connectivity index (χ1v) is 6.73. The smallest absolute Gasteiger partial charge is 0.399 e. The number of nitrogen functional groups attached to an aromatic ring is 1. The maximum atomic E-state index is 12.8. The zero-order chi connectivity index (χ0) is 15.0. The Balaban J connectivity index is 2.44. The summed E-state index contributed by atoms with van der Waals surface area (Å²) in [6.45, 7) is 3.75. The highest BCUT2D eigenvalue weighted by Gasteiger charge is 2.33. The maximum absolute atomic E-state index is 12.8. The number of halogens is 3. The van der Waals surface area contributed by atoms with E-state index in [9.17, 15) is 13.2 Å². The van der Waals surface area contributed by atoms with Crippen LogP contribution in [0.3, 0.4) is 0 Å². The molecule has 3 nitrogen and oxygen atoms in total. The molecule has 0 aromatic heterocycles. The van der Waals surface area contributed by atoms with E-state index < -0.39 is 11.7 Å². The summed E-state index contributed by atoms with van der Waals surface area (Å²) in [6, 6.07) is 3.76. The summed E-state index contributed by atoms with van der Waals surface area (Å²) in [5.74, 6) is 0. The number of nitrogens with two attached hydrogens (primary N) is 1. The lowest BCUT2D eigenvalue weighted by Crippen LogP contribution is -2.13. The molecule has 3 N–H and O–H groups in total. The van der Waals surface area contributed by atoms with Crippen LogP contribution in [0.25, 0.3) is 0 Å². The molecule has 0 spiro atoms. The Hall–Kier alpha value is -1.43. The highest BCUT2D eigenvalue weighted by Crippen LogP contribution is 2.35. The van der Waals surface area contributed by atoms with Gasteiger partial charge in [0.1, 0.15) is 0 Å². The maximum Gasteiger partial charge on any atom is 0.418 e. The van der Waals surface area contributed by atoms with Gasteiger partial charge < -0.3 is 15.8 Å². The Kier molecular flexibility index (Phi) is 6.64. The summed E-state index contributed by atoms with van der Waals surface area (Å²) in [5.41, 5.74) is 4.83. The lowest BCUT2D eigenvalue weighted by atomic mass is 10.1. The number of anilines is 2. The molecule has 0 saturated carbocycles. The third-order valence-electron chi connectivity index (χ3n) is 2.77. The van der Waals surface area contributed by atoms with Gasteiger partial charge in [0.2, 0.25) is 0 Å². The molecular weight excluding hydrogens is 269 g/mol. The van der Waals surface area contributed by atoms with Gasteiger partial charge in [-0.15, -0.1) is 0 Å². The monoisotopic (exact) mass is 290 g/mol. The van der Waals surface area contributed by atoms with Crippen LogP contribution in [0.1, 0.15) is 31.7 Å². The van der Waals surface area contributed by atoms with Crippen molar-refractivity contribution in [1.82, 2.24) is 0 Å². The molecule has 20 heavy (non-hydrogen) atoms. The second kappa shape index (κ2) is 7.99. The van der Waals surface area contributed by atoms with Crippen LogP contribution in [-0.4, -0.2) is 19.8 Å². The molecule has 6 heteroatoms. The van der Waals surface area contributed by atoms with Crippen molar-refractivity contribution in [3.8, 4) is 0 Å². The fourth-order valence-corrected chi connectivity index (χ4v) is 1.70. The van der Waals surface area contributed by atoms with Crippen LogP contribution in [0, 0.1) is 0 Å². The number of hydrogen-bond donors (Lipinski definition) is 2. The number of alkyl halides is 3. The number of ether oxygens (including phenoxy) is 1. The van der Waals surface area contributed by atoms with Gasteiger partial charge in [-0.3, -0.25) is 0 Å². The lowest BCUT2D eigenvalue weighted by Gasteiger charge is -2.15. The van der Waals surface area contributed by atoms with E-state index in [1.165, 1.54) is 12.1 Å². The first kappa shape index (κ1) is 16.6. The van der Waals surface area contributed by atoms with E-state index in [1.54, 1.807) is 0 Å². The van der Waals surface area contributed by atoms with Gasteiger partial charge in [-0.2, -0.15) is 13.2 Å². The standard InChI is InChI=1S/C14H21F3N2O/c1-2-3-8-20-9-4-7-19-13-6-5-11(18)10-12(13)14(15,16)17/h5-6,10,19H,2-4,7-9,18H2,1H3. The molecule has 1 aromatic rings. The number of rotatable bonds is 8. The van der Waals surface area contributed by atoms with Crippen LogP contribution in [0.5, 0.6) is 0 Å². The summed E-state index contributed by atoms with van der Waals surface area (Å²) >= 11 is 0. The van der Waals surface area contributed by atoms with Gasteiger partial charge in [0.15, 0.2) is 0 Å². The first-order chi connectivity index (χ1) is 9.45. The topological polar surface area (TPSA) is 47.3 Å². The van der Waals surface area contributed by atoms with Gasteiger partial charge >= 0.3 is 6.18 Å². The summed E-state index contributed by atoms with van der Waals surface area (Å²) in [4.78, 5) is 0. The van der Waals surface area contributed by atoms with Crippen LogP contribution in [0.4, 0.5) is 24.5 Å². The van der Waals surface area contributed by atoms with Crippen molar-refractivity contribution < 1.29 is 17.9 Å². The van der Waals surface area contributed by atoms with Crippen molar-refractivity contribution in [3.63, 3.8) is 0 Å². The summed E-state index contributed by atoms with van der Waals surface area (Å²) in [7, 11) is 0. The van der Waals surface area contributed by atoms with E-state index in [4.69, 9.17) is 10.5 Å². The SMILES string of the molecule is CCCCOCCCNc1ccc(N)cc1C(F)(F)F. The molecule has 1 aromatic carbocycles. The van der Waals surface area contributed by atoms with Crippen molar-refractivity contribution in [2.24, 2.45) is 0 Å². The Bertz CT molecular complexity index is 408. The van der Waals surface area contributed by atoms with Gasteiger partial charge in [0.25, 0.3) is 0 Å². The van der Waals surface area contributed by atoms with Crippen LogP contribution in [0.15, 0.2) is 18.2 Å². The highest BCUT2D eigenvalue weighted by atomic mass is 19.4. The van der Waals surface area contributed by atoms with Gasteiger partial charge in [-0.05, 0) is 31.0 Å². The fraction of sp³-hybridized carbons (Fsp3) is 0.571. The predicted molar refractivity (Wildman–Crippen MR) is 74.7 cm³/mol. The van der Waals surface area contributed by atoms with Crippen molar-refractivity contribution >= 4 is 11.4 Å². The van der Waals surface area contributed by atoms with Crippen LogP contribution in [0.2, 0.25) is 0 Å². The van der Waals surface area contributed by atoms with E-state index in [0.29, 0.717) is 26.2 Å². The Morgan fingerprint density at radius 1 is 1.20 bits per heavy atom. The normalized spacial score (nSPS) is 11.6. The van der Waals surface area contributed by atoms with Gasteiger partial charge in [0, 0.05) is 31.1 Å². The van der Waals surface area contributed by atoms with E-state index in [-0.39, 0.29) is 11.4 Å². The molecule has 0 aliphatic rings. The van der Waals surface area contributed by atoms with Gasteiger partial charge in [0.05, 0.1) is 5.56 Å². The molecule has 0 aliphatic carbocycles. The number of nitrogens with one attached hydrogen (secondary N) is 1. The largest absolute Gasteiger partial charge is 0.418 e. The molecule has 0 fully saturated rings. The molecule has 0 atom stereocenters. The minimum atomic E-state index is -4.41. The first-order valence-electron chi connectivity index (χ1n) is 6.73. The van der Waals surface area contributed by atoms with Crippen molar-refractivity contribution in [2.45, 2.75) is 32.4 Å². The van der Waals surface area contributed by atoms with Crippen LogP contribution >= 0.6 is 0 Å². The Labute approximate surface area is 117 Å². The minimum absolute atomic E-state index is 0.0558. The molecule has 0 bridgehead atoms. The Morgan fingerprint density at radius 3 is 2.55 bits per heavy atom. The fourth-order valence-electron chi connectivity index (χ4n) is 1.70.